The van der Waals surface area contributed by atoms with E-state index in [0.717, 1.165) is 19.3 Å². The molecule has 2 nitrogen and oxygen atoms in total. The second kappa shape index (κ2) is 5.26. The van der Waals surface area contributed by atoms with Gasteiger partial charge in [-0.2, -0.15) is 0 Å². The fourth-order valence-electron chi connectivity index (χ4n) is 3.37. The highest BCUT2D eigenvalue weighted by molar-refractivity contribution is 5.45. The second-order valence-corrected chi connectivity index (χ2v) is 6.23. The Morgan fingerprint density at radius 3 is 2.05 bits per heavy atom. The minimum atomic E-state index is 0.0376. The minimum absolute atomic E-state index is 0.0376. The number of aryl methyl sites for hydroxylation is 2. The third kappa shape index (κ3) is 2.56. The highest BCUT2D eigenvalue weighted by Gasteiger charge is 2.39. The van der Waals surface area contributed by atoms with E-state index in [-0.39, 0.29) is 11.6 Å². The van der Waals surface area contributed by atoms with Crippen molar-refractivity contribution in [1.29, 1.82) is 0 Å². The first-order valence-corrected chi connectivity index (χ1v) is 7.28. The molecule has 2 N–H and O–H groups in total. The monoisotopic (exact) mass is 261 g/mol. The van der Waals surface area contributed by atoms with Crippen LogP contribution in [0, 0.1) is 27.7 Å². The summed E-state index contributed by atoms with van der Waals surface area (Å²) in [5.41, 5.74) is 13.3. The smallest absolute Gasteiger partial charge is 0.0696 e. The van der Waals surface area contributed by atoms with E-state index in [1.807, 2.05) is 7.11 Å². The lowest BCUT2D eigenvalue weighted by Crippen LogP contribution is -2.42. The lowest BCUT2D eigenvalue weighted by atomic mass is 9.73. The number of ether oxygens (including phenoxy) is 1. The lowest BCUT2D eigenvalue weighted by molar-refractivity contribution is -0.0817. The zero-order valence-corrected chi connectivity index (χ0v) is 13.0. The topological polar surface area (TPSA) is 35.2 Å². The van der Waals surface area contributed by atoms with Gasteiger partial charge in [0.15, 0.2) is 0 Å². The Labute approximate surface area is 117 Å². The van der Waals surface area contributed by atoms with Gasteiger partial charge in [0.25, 0.3) is 0 Å². The molecule has 0 saturated heterocycles. The van der Waals surface area contributed by atoms with Crippen molar-refractivity contribution < 1.29 is 4.74 Å². The zero-order chi connectivity index (χ0) is 14.2. The summed E-state index contributed by atoms with van der Waals surface area (Å²) < 4.78 is 5.73. The van der Waals surface area contributed by atoms with Crippen molar-refractivity contribution in [1.82, 2.24) is 0 Å². The molecule has 1 aliphatic carbocycles. The maximum atomic E-state index is 6.53. The number of methoxy groups -OCH3 is 1. The predicted octanol–water partition coefficient (Wildman–Crippen LogP) is 3.88. The summed E-state index contributed by atoms with van der Waals surface area (Å²) in [6, 6.07) is 2.34. The second-order valence-electron chi connectivity index (χ2n) is 6.23. The number of nitrogens with two attached hydrogens (primary N) is 1. The van der Waals surface area contributed by atoms with Crippen LogP contribution in [-0.2, 0) is 4.74 Å². The third-order valence-corrected chi connectivity index (χ3v) is 5.08. The van der Waals surface area contributed by atoms with Crippen LogP contribution in [0.4, 0.5) is 0 Å². The van der Waals surface area contributed by atoms with Crippen LogP contribution in [0.15, 0.2) is 6.07 Å². The Morgan fingerprint density at radius 2 is 1.68 bits per heavy atom. The SMILES string of the molecule is COC1(CC(N)c2c(C)c(C)cc(C)c2C)CCC1. The molecule has 0 spiro atoms. The highest BCUT2D eigenvalue weighted by atomic mass is 16.5. The van der Waals surface area contributed by atoms with Gasteiger partial charge < -0.3 is 10.5 Å². The molecule has 0 bridgehead atoms. The summed E-state index contributed by atoms with van der Waals surface area (Å²) >= 11 is 0. The van der Waals surface area contributed by atoms with Crippen molar-refractivity contribution in [3.05, 3.63) is 33.9 Å². The van der Waals surface area contributed by atoms with Gasteiger partial charge >= 0.3 is 0 Å². The molecule has 0 aliphatic heterocycles. The van der Waals surface area contributed by atoms with Gasteiger partial charge in [0.1, 0.15) is 0 Å². The normalized spacial score (nSPS) is 19.1. The Balaban J connectivity index is 2.31. The van der Waals surface area contributed by atoms with Crippen LogP contribution in [-0.4, -0.2) is 12.7 Å². The van der Waals surface area contributed by atoms with Gasteiger partial charge in [-0.15, -0.1) is 0 Å². The van der Waals surface area contributed by atoms with Gasteiger partial charge in [-0.25, -0.2) is 0 Å². The molecule has 0 heterocycles. The van der Waals surface area contributed by atoms with Crippen LogP contribution in [0.1, 0.15) is 59.5 Å². The first kappa shape index (κ1) is 14.5. The van der Waals surface area contributed by atoms with E-state index in [1.54, 1.807) is 0 Å². The molecule has 106 valence electrons. The molecule has 1 aromatic carbocycles. The molecule has 19 heavy (non-hydrogen) atoms. The molecule has 1 aliphatic rings. The van der Waals surface area contributed by atoms with E-state index in [2.05, 4.69) is 33.8 Å². The zero-order valence-electron chi connectivity index (χ0n) is 13.0. The van der Waals surface area contributed by atoms with E-state index in [4.69, 9.17) is 10.5 Å². The molecule has 2 heteroatoms. The Hall–Kier alpha value is -0.860. The minimum Gasteiger partial charge on any atom is -0.378 e. The van der Waals surface area contributed by atoms with Gasteiger partial charge in [-0.3, -0.25) is 0 Å². The summed E-state index contributed by atoms with van der Waals surface area (Å²) in [6.45, 7) is 8.73. The summed E-state index contributed by atoms with van der Waals surface area (Å²) in [4.78, 5) is 0. The van der Waals surface area contributed by atoms with Crippen LogP contribution in [0.2, 0.25) is 0 Å². The van der Waals surface area contributed by atoms with Crippen molar-refractivity contribution in [3.63, 3.8) is 0 Å². The Morgan fingerprint density at radius 1 is 1.16 bits per heavy atom. The lowest BCUT2D eigenvalue weighted by Gasteiger charge is -2.42. The van der Waals surface area contributed by atoms with Crippen molar-refractivity contribution in [3.8, 4) is 0 Å². The van der Waals surface area contributed by atoms with Crippen LogP contribution >= 0.6 is 0 Å². The molecule has 0 amide bonds. The van der Waals surface area contributed by atoms with Crippen molar-refractivity contribution in [2.24, 2.45) is 5.73 Å². The molecule has 1 atom stereocenters. The fraction of sp³-hybridized carbons (Fsp3) is 0.647. The standard InChI is InChI=1S/C17H27NO/c1-11-9-12(2)14(4)16(13(11)3)15(18)10-17(19-5)7-6-8-17/h9,15H,6-8,10,18H2,1-5H3. The first-order valence-electron chi connectivity index (χ1n) is 7.28. The number of rotatable bonds is 4. The highest BCUT2D eigenvalue weighted by Crippen LogP contribution is 2.42. The fourth-order valence-corrected chi connectivity index (χ4v) is 3.37. The quantitative estimate of drug-likeness (QED) is 0.892. The van der Waals surface area contributed by atoms with Crippen LogP contribution < -0.4 is 5.73 Å². The molecule has 1 unspecified atom stereocenters. The number of hydrogen-bond acceptors (Lipinski definition) is 2. The van der Waals surface area contributed by atoms with E-state index in [1.165, 1.54) is 34.2 Å². The largest absolute Gasteiger partial charge is 0.378 e. The molecule has 1 saturated carbocycles. The maximum Gasteiger partial charge on any atom is 0.0696 e. The van der Waals surface area contributed by atoms with Crippen LogP contribution in [0.3, 0.4) is 0 Å². The number of hydrogen-bond donors (Lipinski definition) is 1. The molecule has 1 fully saturated rings. The first-order chi connectivity index (χ1) is 8.90. The third-order valence-electron chi connectivity index (χ3n) is 5.08. The van der Waals surface area contributed by atoms with E-state index >= 15 is 0 Å². The number of benzene rings is 1. The van der Waals surface area contributed by atoms with Crippen molar-refractivity contribution in [2.45, 2.75) is 65.0 Å². The van der Waals surface area contributed by atoms with Crippen molar-refractivity contribution in [2.75, 3.05) is 7.11 Å². The van der Waals surface area contributed by atoms with E-state index in [9.17, 15) is 0 Å². The van der Waals surface area contributed by atoms with Gasteiger partial charge in [0.05, 0.1) is 5.60 Å². The van der Waals surface area contributed by atoms with E-state index in [0.29, 0.717) is 0 Å². The average Bonchev–Trinajstić information content (AvgIpc) is 2.32. The van der Waals surface area contributed by atoms with Crippen LogP contribution in [0.5, 0.6) is 0 Å². The molecule has 0 radical (unpaired) electrons. The van der Waals surface area contributed by atoms with Gasteiger partial charge in [0, 0.05) is 13.2 Å². The summed E-state index contributed by atoms with van der Waals surface area (Å²) in [5.74, 6) is 0. The van der Waals surface area contributed by atoms with Crippen LogP contribution in [0.25, 0.3) is 0 Å². The molecule has 1 aromatic rings. The molecule has 0 aromatic heterocycles. The maximum absolute atomic E-state index is 6.53. The predicted molar refractivity (Wildman–Crippen MR) is 80.5 cm³/mol. The van der Waals surface area contributed by atoms with E-state index < -0.39 is 0 Å². The van der Waals surface area contributed by atoms with Gasteiger partial charge in [-0.1, -0.05) is 6.07 Å². The Kier molecular flexibility index (Phi) is 4.03. The van der Waals surface area contributed by atoms with Crippen molar-refractivity contribution >= 4 is 0 Å². The Bertz CT molecular complexity index is 443. The summed E-state index contributed by atoms with van der Waals surface area (Å²) in [6.07, 6.45) is 4.51. The molecular formula is C17H27NO. The summed E-state index contributed by atoms with van der Waals surface area (Å²) in [7, 11) is 1.83. The molecular weight excluding hydrogens is 234 g/mol. The molecule has 2 rings (SSSR count). The summed E-state index contributed by atoms with van der Waals surface area (Å²) in [5, 5.41) is 0. The van der Waals surface area contributed by atoms with Gasteiger partial charge in [0.2, 0.25) is 0 Å². The average molecular weight is 261 g/mol. The van der Waals surface area contributed by atoms with Gasteiger partial charge in [-0.05, 0) is 81.2 Å².